The van der Waals surface area contributed by atoms with Crippen LogP contribution in [0.15, 0.2) is 54.6 Å². The van der Waals surface area contributed by atoms with E-state index < -0.39 is 7.12 Å². The second kappa shape index (κ2) is 7.24. The lowest BCUT2D eigenvalue weighted by atomic mass is 9.80. The summed E-state index contributed by atoms with van der Waals surface area (Å²) in [7, 11) is -1.39. The molecule has 0 spiro atoms. The molecule has 0 radical (unpaired) electrons. The molecule has 4 heteroatoms. The average molecular weight is 269 g/mol. The maximum atomic E-state index is 9.08. The zero-order valence-electron chi connectivity index (χ0n) is 11.7. The van der Waals surface area contributed by atoms with Crippen molar-refractivity contribution < 1.29 is 10.0 Å². The number of benzene rings is 2. The normalized spacial score (nSPS) is 10.8. The van der Waals surface area contributed by atoms with Crippen molar-refractivity contribution in [2.45, 2.75) is 20.0 Å². The molecule has 0 aliphatic carbocycles. The van der Waals surface area contributed by atoms with Gasteiger partial charge in [-0.25, -0.2) is 0 Å². The summed E-state index contributed by atoms with van der Waals surface area (Å²) in [6.45, 7) is 4.89. The van der Waals surface area contributed by atoms with E-state index in [1.54, 1.807) is 12.1 Å². The predicted octanol–water partition coefficient (Wildman–Crippen LogP) is 1.39. The summed E-state index contributed by atoms with van der Waals surface area (Å²) in [5.41, 5.74) is 3.00. The van der Waals surface area contributed by atoms with Crippen LogP contribution < -0.4 is 5.46 Å². The molecule has 2 rings (SSSR count). The highest BCUT2D eigenvalue weighted by molar-refractivity contribution is 6.58. The van der Waals surface area contributed by atoms with Gasteiger partial charge in [0.05, 0.1) is 0 Å². The minimum atomic E-state index is -1.39. The highest BCUT2D eigenvalue weighted by Gasteiger charge is 2.10. The monoisotopic (exact) mass is 269 g/mol. The fraction of sp³-hybridized carbons (Fsp3) is 0.250. The van der Waals surface area contributed by atoms with Crippen LogP contribution >= 0.6 is 0 Å². The van der Waals surface area contributed by atoms with E-state index in [9.17, 15) is 0 Å². The third kappa shape index (κ3) is 4.20. The Hall–Kier alpha value is -1.62. The quantitative estimate of drug-likeness (QED) is 0.779. The van der Waals surface area contributed by atoms with E-state index in [4.69, 9.17) is 10.0 Å². The molecule has 0 amide bonds. The summed E-state index contributed by atoms with van der Waals surface area (Å²) in [5.74, 6) is 0. The zero-order valence-corrected chi connectivity index (χ0v) is 11.7. The van der Waals surface area contributed by atoms with Crippen molar-refractivity contribution in [2.24, 2.45) is 0 Å². The topological polar surface area (TPSA) is 43.7 Å². The van der Waals surface area contributed by atoms with Gasteiger partial charge in [0.25, 0.3) is 0 Å². The number of nitrogens with zero attached hydrogens (tertiary/aromatic N) is 1. The van der Waals surface area contributed by atoms with Crippen molar-refractivity contribution in [2.75, 3.05) is 6.54 Å². The van der Waals surface area contributed by atoms with Gasteiger partial charge >= 0.3 is 7.12 Å². The summed E-state index contributed by atoms with van der Waals surface area (Å²) < 4.78 is 0. The smallest absolute Gasteiger partial charge is 0.423 e. The van der Waals surface area contributed by atoms with Crippen LogP contribution in [0.4, 0.5) is 0 Å². The summed E-state index contributed by atoms with van der Waals surface area (Å²) >= 11 is 0. The molecular formula is C16H20BNO2. The Labute approximate surface area is 120 Å². The Morgan fingerprint density at radius 2 is 1.40 bits per heavy atom. The number of rotatable bonds is 6. The van der Waals surface area contributed by atoms with Gasteiger partial charge in [-0.2, -0.15) is 0 Å². The molecule has 104 valence electrons. The van der Waals surface area contributed by atoms with Gasteiger partial charge < -0.3 is 10.0 Å². The zero-order chi connectivity index (χ0) is 14.4. The van der Waals surface area contributed by atoms with Crippen molar-refractivity contribution in [1.82, 2.24) is 4.90 Å². The van der Waals surface area contributed by atoms with Gasteiger partial charge in [0, 0.05) is 13.1 Å². The van der Waals surface area contributed by atoms with Gasteiger partial charge in [0.2, 0.25) is 0 Å². The highest BCUT2D eigenvalue weighted by atomic mass is 16.4. The van der Waals surface area contributed by atoms with Crippen LogP contribution in [-0.2, 0) is 13.1 Å². The van der Waals surface area contributed by atoms with Crippen molar-refractivity contribution in [3.8, 4) is 0 Å². The lowest BCUT2D eigenvalue weighted by Crippen LogP contribution is -2.29. The second-order valence-corrected chi connectivity index (χ2v) is 4.90. The van der Waals surface area contributed by atoms with Gasteiger partial charge in [0.15, 0.2) is 0 Å². The molecule has 0 unspecified atom stereocenters. The maximum Gasteiger partial charge on any atom is 0.488 e. The Morgan fingerprint density at radius 1 is 0.850 bits per heavy atom. The summed E-state index contributed by atoms with van der Waals surface area (Å²) in [6.07, 6.45) is 0. The van der Waals surface area contributed by atoms with E-state index in [-0.39, 0.29) is 0 Å². The first-order chi connectivity index (χ1) is 9.69. The van der Waals surface area contributed by atoms with Crippen molar-refractivity contribution in [3.05, 3.63) is 65.7 Å². The molecule has 0 aliphatic rings. The fourth-order valence-corrected chi connectivity index (χ4v) is 2.17. The standard InChI is InChI=1S/C16H20BNO2/c1-2-18(12-14-6-4-3-5-7-14)13-15-8-10-16(11-9-15)17(19)20/h3-11,19-20H,2,12-13H2,1H3. The average Bonchev–Trinajstić information content (AvgIpc) is 2.48. The summed E-state index contributed by atoms with van der Waals surface area (Å²) in [4.78, 5) is 2.35. The molecule has 2 aromatic rings. The number of hydrogen-bond donors (Lipinski definition) is 2. The minimum absolute atomic E-state index is 0.528. The molecule has 0 aromatic heterocycles. The van der Waals surface area contributed by atoms with Crippen LogP contribution in [0.5, 0.6) is 0 Å². The molecule has 2 aromatic carbocycles. The predicted molar refractivity (Wildman–Crippen MR) is 82.5 cm³/mol. The SMILES string of the molecule is CCN(Cc1ccccc1)Cc1ccc(B(O)O)cc1. The van der Waals surface area contributed by atoms with Crippen LogP contribution in [-0.4, -0.2) is 28.6 Å². The third-order valence-electron chi connectivity index (χ3n) is 3.38. The lowest BCUT2D eigenvalue weighted by molar-refractivity contribution is 0.271. The van der Waals surface area contributed by atoms with Crippen LogP contribution in [0.25, 0.3) is 0 Å². The van der Waals surface area contributed by atoms with E-state index in [1.165, 1.54) is 11.1 Å². The summed E-state index contributed by atoms with van der Waals surface area (Å²) in [5, 5.41) is 18.2. The minimum Gasteiger partial charge on any atom is -0.423 e. The Kier molecular flexibility index (Phi) is 5.36. The lowest BCUT2D eigenvalue weighted by Gasteiger charge is -2.20. The van der Waals surface area contributed by atoms with E-state index in [2.05, 4.69) is 36.1 Å². The molecule has 0 heterocycles. The first kappa shape index (κ1) is 14.8. The number of hydrogen-bond acceptors (Lipinski definition) is 3. The Bertz CT molecular complexity index is 514. The van der Waals surface area contributed by atoms with E-state index in [0.717, 1.165) is 19.6 Å². The van der Waals surface area contributed by atoms with Crippen LogP contribution in [0, 0.1) is 0 Å². The molecule has 20 heavy (non-hydrogen) atoms. The Balaban J connectivity index is 1.99. The van der Waals surface area contributed by atoms with Crippen LogP contribution in [0.3, 0.4) is 0 Å². The summed E-state index contributed by atoms with van der Waals surface area (Å²) in [6, 6.07) is 17.8. The van der Waals surface area contributed by atoms with Gasteiger partial charge in [-0.1, -0.05) is 61.5 Å². The molecular weight excluding hydrogens is 249 g/mol. The van der Waals surface area contributed by atoms with Crippen LogP contribution in [0.2, 0.25) is 0 Å². The molecule has 0 saturated carbocycles. The van der Waals surface area contributed by atoms with E-state index in [1.807, 2.05) is 18.2 Å². The van der Waals surface area contributed by atoms with Crippen molar-refractivity contribution in [1.29, 1.82) is 0 Å². The molecule has 3 nitrogen and oxygen atoms in total. The third-order valence-corrected chi connectivity index (χ3v) is 3.38. The van der Waals surface area contributed by atoms with E-state index >= 15 is 0 Å². The molecule has 0 aliphatic heterocycles. The first-order valence-corrected chi connectivity index (χ1v) is 6.90. The maximum absolute atomic E-state index is 9.08. The molecule has 0 fully saturated rings. The first-order valence-electron chi connectivity index (χ1n) is 6.90. The van der Waals surface area contributed by atoms with Gasteiger partial charge in [-0.15, -0.1) is 0 Å². The second-order valence-electron chi connectivity index (χ2n) is 4.90. The molecule has 2 N–H and O–H groups in total. The molecule has 0 saturated heterocycles. The van der Waals surface area contributed by atoms with Gasteiger partial charge in [-0.05, 0) is 23.1 Å². The van der Waals surface area contributed by atoms with Crippen molar-refractivity contribution >= 4 is 12.6 Å². The van der Waals surface area contributed by atoms with Gasteiger partial charge in [0.1, 0.15) is 0 Å². The highest BCUT2D eigenvalue weighted by Crippen LogP contribution is 2.09. The molecule has 0 bridgehead atoms. The van der Waals surface area contributed by atoms with E-state index in [0.29, 0.717) is 5.46 Å². The van der Waals surface area contributed by atoms with Gasteiger partial charge in [-0.3, -0.25) is 4.90 Å². The Morgan fingerprint density at radius 3 is 1.90 bits per heavy atom. The largest absolute Gasteiger partial charge is 0.488 e. The fourth-order valence-electron chi connectivity index (χ4n) is 2.17. The molecule has 0 atom stereocenters. The van der Waals surface area contributed by atoms with Crippen LogP contribution in [0.1, 0.15) is 18.1 Å². The van der Waals surface area contributed by atoms with Crippen molar-refractivity contribution in [3.63, 3.8) is 0 Å².